The molecule has 1 atom stereocenters. The van der Waals surface area contributed by atoms with Gasteiger partial charge in [-0.1, -0.05) is 15.9 Å². The van der Waals surface area contributed by atoms with Crippen LogP contribution >= 0.6 is 39.1 Å². The van der Waals surface area contributed by atoms with Crippen LogP contribution in [0.2, 0.25) is 0 Å². The average molecular weight is 348 g/mol. The van der Waals surface area contributed by atoms with E-state index in [1.54, 1.807) is 17.0 Å². The molecule has 0 saturated heterocycles. The van der Waals surface area contributed by atoms with E-state index in [0.29, 0.717) is 17.4 Å². The van der Waals surface area contributed by atoms with Crippen molar-refractivity contribution in [3.8, 4) is 0 Å². The molecule has 0 unspecified atom stereocenters. The van der Waals surface area contributed by atoms with E-state index in [1.165, 1.54) is 0 Å². The van der Waals surface area contributed by atoms with Crippen LogP contribution in [0.4, 0.5) is 0 Å². The van der Waals surface area contributed by atoms with Gasteiger partial charge in [0.05, 0.1) is 17.2 Å². The zero-order valence-corrected chi connectivity index (χ0v) is 12.3. The first kappa shape index (κ1) is 12.5. The number of fused-ring (bicyclic) bond motifs is 1. The normalized spacial score (nSPS) is 21.2. The van der Waals surface area contributed by atoms with Gasteiger partial charge in [0, 0.05) is 16.9 Å². The van der Waals surface area contributed by atoms with Crippen molar-refractivity contribution in [3.63, 3.8) is 0 Å². The molecule has 2 aromatic rings. The standard InChI is InChI=1S/C12H9BrCl2N2O/c13-8-1-2-10-9(3-8)11(18)17(6-16-10)5-7-4-12(7,14)15/h1-3,6-7H,4-5H2/t7-/m1/s1. The fourth-order valence-corrected chi connectivity index (χ4v) is 2.84. The van der Waals surface area contributed by atoms with E-state index >= 15 is 0 Å². The maximum atomic E-state index is 12.3. The van der Waals surface area contributed by atoms with Crippen LogP contribution in [-0.2, 0) is 6.54 Å². The molecule has 0 bridgehead atoms. The smallest absolute Gasteiger partial charge is 0.261 e. The molecule has 3 rings (SSSR count). The molecule has 18 heavy (non-hydrogen) atoms. The molecule has 1 saturated carbocycles. The fourth-order valence-electron chi connectivity index (χ4n) is 1.97. The largest absolute Gasteiger partial charge is 0.298 e. The van der Waals surface area contributed by atoms with Gasteiger partial charge in [-0.2, -0.15) is 0 Å². The third-order valence-electron chi connectivity index (χ3n) is 3.16. The lowest BCUT2D eigenvalue weighted by Gasteiger charge is -2.06. The molecule has 1 aliphatic carbocycles. The monoisotopic (exact) mass is 346 g/mol. The Bertz CT molecular complexity index is 683. The van der Waals surface area contributed by atoms with Crippen LogP contribution in [0.5, 0.6) is 0 Å². The predicted molar refractivity (Wildman–Crippen MR) is 76.2 cm³/mol. The lowest BCUT2D eigenvalue weighted by Crippen LogP contribution is -2.22. The van der Waals surface area contributed by atoms with Crippen molar-refractivity contribution in [2.45, 2.75) is 17.3 Å². The Morgan fingerprint density at radius 2 is 2.22 bits per heavy atom. The highest BCUT2D eigenvalue weighted by Gasteiger charge is 2.51. The quantitative estimate of drug-likeness (QED) is 0.781. The summed E-state index contributed by atoms with van der Waals surface area (Å²) in [7, 11) is 0. The third kappa shape index (κ3) is 2.17. The molecule has 1 aliphatic rings. The van der Waals surface area contributed by atoms with Crippen molar-refractivity contribution in [1.29, 1.82) is 0 Å². The van der Waals surface area contributed by atoms with E-state index in [9.17, 15) is 4.79 Å². The van der Waals surface area contributed by atoms with E-state index < -0.39 is 4.33 Å². The summed E-state index contributed by atoms with van der Waals surface area (Å²) in [4.78, 5) is 16.5. The lowest BCUT2D eigenvalue weighted by atomic mass is 10.2. The summed E-state index contributed by atoms with van der Waals surface area (Å²) in [5, 5.41) is 0.599. The van der Waals surface area contributed by atoms with Crippen molar-refractivity contribution in [2.75, 3.05) is 0 Å². The van der Waals surface area contributed by atoms with E-state index in [2.05, 4.69) is 20.9 Å². The predicted octanol–water partition coefficient (Wildman–Crippen LogP) is 3.35. The van der Waals surface area contributed by atoms with Crippen LogP contribution in [0.1, 0.15) is 6.42 Å². The van der Waals surface area contributed by atoms with Gasteiger partial charge >= 0.3 is 0 Å². The highest BCUT2D eigenvalue weighted by atomic mass is 79.9. The summed E-state index contributed by atoms with van der Waals surface area (Å²) in [5.41, 5.74) is 0.635. The summed E-state index contributed by atoms with van der Waals surface area (Å²) >= 11 is 15.3. The van der Waals surface area contributed by atoms with Crippen LogP contribution in [-0.4, -0.2) is 13.9 Å². The number of hydrogen-bond acceptors (Lipinski definition) is 2. The van der Waals surface area contributed by atoms with Crippen LogP contribution < -0.4 is 5.56 Å². The second-order valence-corrected chi connectivity index (χ2v) is 6.98. The molecule has 1 fully saturated rings. The summed E-state index contributed by atoms with van der Waals surface area (Å²) in [5.74, 6) is 0.130. The molecule has 1 aromatic heterocycles. The molecule has 94 valence electrons. The van der Waals surface area contributed by atoms with Gasteiger partial charge in [-0.25, -0.2) is 4.98 Å². The second-order valence-electron chi connectivity index (χ2n) is 4.53. The van der Waals surface area contributed by atoms with Crippen molar-refractivity contribution in [3.05, 3.63) is 39.4 Å². The maximum absolute atomic E-state index is 12.3. The molecule has 0 N–H and O–H groups in total. The van der Waals surface area contributed by atoms with Gasteiger partial charge in [-0.3, -0.25) is 9.36 Å². The Morgan fingerprint density at radius 3 is 2.89 bits per heavy atom. The van der Waals surface area contributed by atoms with Crippen molar-refractivity contribution >= 4 is 50.0 Å². The van der Waals surface area contributed by atoms with Gasteiger partial charge in [0.2, 0.25) is 0 Å². The Balaban J connectivity index is 2.04. The summed E-state index contributed by atoms with van der Waals surface area (Å²) in [6.07, 6.45) is 2.28. The van der Waals surface area contributed by atoms with Crippen LogP contribution in [0.15, 0.2) is 33.8 Å². The summed E-state index contributed by atoms with van der Waals surface area (Å²) < 4.78 is 1.76. The minimum Gasteiger partial charge on any atom is -0.298 e. The first-order valence-electron chi connectivity index (χ1n) is 5.50. The van der Waals surface area contributed by atoms with E-state index in [-0.39, 0.29) is 11.5 Å². The molecule has 1 heterocycles. The number of rotatable bonds is 2. The number of hydrogen-bond donors (Lipinski definition) is 0. The van der Waals surface area contributed by atoms with Gasteiger partial charge in [-0.15, -0.1) is 23.2 Å². The molecule has 6 heteroatoms. The van der Waals surface area contributed by atoms with Gasteiger partial charge in [0.1, 0.15) is 4.33 Å². The minimum absolute atomic E-state index is 0.0580. The van der Waals surface area contributed by atoms with Crippen molar-refractivity contribution in [2.24, 2.45) is 5.92 Å². The van der Waals surface area contributed by atoms with Gasteiger partial charge in [0.15, 0.2) is 0 Å². The minimum atomic E-state index is -0.675. The zero-order valence-electron chi connectivity index (χ0n) is 9.24. The SMILES string of the molecule is O=c1c2cc(Br)ccc2ncn1C[C@H]1CC1(Cl)Cl. The molecule has 0 spiro atoms. The zero-order chi connectivity index (χ0) is 12.9. The third-order valence-corrected chi connectivity index (χ3v) is 4.58. The van der Waals surface area contributed by atoms with Crippen LogP contribution in [0.3, 0.4) is 0 Å². The molecule has 0 amide bonds. The second kappa shape index (κ2) is 4.22. The Labute approximate surface area is 122 Å². The van der Waals surface area contributed by atoms with Crippen molar-refractivity contribution < 1.29 is 0 Å². The molecule has 3 nitrogen and oxygen atoms in total. The van der Waals surface area contributed by atoms with Crippen LogP contribution in [0, 0.1) is 5.92 Å². The Kier molecular flexibility index (Phi) is 2.92. The number of halogens is 3. The highest BCUT2D eigenvalue weighted by Crippen LogP contribution is 2.53. The average Bonchev–Trinajstić information content (AvgIpc) is 2.91. The van der Waals surface area contributed by atoms with Crippen LogP contribution in [0.25, 0.3) is 10.9 Å². The van der Waals surface area contributed by atoms with Gasteiger partial charge < -0.3 is 0 Å². The fraction of sp³-hybridized carbons (Fsp3) is 0.333. The molecule has 0 aliphatic heterocycles. The Morgan fingerprint density at radius 1 is 1.50 bits per heavy atom. The van der Waals surface area contributed by atoms with E-state index in [4.69, 9.17) is 23.2 Å². The first-order chi connectivity index (χ1) is 8.47. The molecule has 0 radical (unpaired) electrons. The number of benzene rings is 1. The molecule has 1 aromatic carbocycles. The summed E-state index contributed by atoms with van der Waals surface area (Å²) in [6, 6.07) is 5.46. The summed E-state index contributed by atoms with van der Waals surface area (Å²) in [6.45, 7) is 0.515. The highest BCUT2D eigenvalue weighted by molar-refractivity contribution is 9.10. The molecular weight excluding hydrogens is 339 g/mol. The topological polar surface area (TPSA) is 34.9 Å². The first-order valence-corrected chi connectivity index (χ1v) is 7.05. The maximum Gasteiger partial charge on any atom is 0.261 e. The van der Waals surface area contributed by atoms with Gasteiger partial charge in [0.25, 0.3) is 5.56 Å². The van der Waals surface area contributed by atoms with Gasteiger partial charge in [-0.05, 0) is 24.6 Å². The van der Waals surface area contributed by atoms with E-state index in [0.717, 1.165) is 10.9 Å². The number of aromatic nitrogens is 2. The van der Waals surface area contributed by atoms with Crippen molar-refractivity contribution in [1.82, 2.24) is 9.55 Å². The lowest BCUT2D eigenvalue weighted by molar-refractivity contribution is 0.597. The number of alkyl halides is 2. The van der Waals surface area contributed by atoms with E-state index in [1.807, 2.05) is 12.1 Å². The Hall–Kier alpha value is -0.580. The number of nitrogens with zero attached hydrogens (tertiary/aromatic N) is 2. The molecular formula is C12H9BrCl2N2O.